The van der Waals surface area contributed by atoms with Crippen LogP contribution in [0.1, 0.15) is 16.7 Å². The first-order valence-corrected chi connectivity index (χ1v) is 13.5. The number of benzene rings is 3. The molecule has 7 heteroatoms. The molecule has 0 spiro atoms. The number of piperidine rings is 3. The Labute approximate surface area is 234 Å². The van der Waals surface area contributed by atoms with Crippen molar-refractivity contribution in [2.75, 3.05) is 41.0 Å². The minimum atomic E-state index is -1.29. The molecule has 4 aliphatic rings. The third-order valence-corrected chi connectivity index (χ3v) is 9.08. The van der Waals surface area contributed by atoms with Gasteiger partial charge in [-0.2, -0.15) is 0 Å². The standard InChI is InChI=1S/C33H33NO6/c1-38-25-10-4-22(5-11-25)16-31-19-34-20-32(28(31)35,17-23-6-12-26(39-2)13-7-23)30(37)33(21-34,29(31)36)18-24-8-14-27(40-3)15-9-24/h4-15H,16-21H2,1-3H3. The van der Waals surface area contributed by atoms with E-state index in [-0.39, 0.29) is 36.6 Å². The Bertz CT molecular complexity index is 1260. The summed E-state index contributed by atoms with van der Waals surface area (Å²) in [6, 6.07) is 22.5. The minimum Gasteiger partial charge on any atom is -0.497 e. The maximum Gasteiger partial charge on any atom is 0.163 e. The van der Waals surface area contributed by atoms with Gasteiger partial charge >= 0.3 is 0 Å². The number of ketones is 3. The van der Waals surface area contributed by atoms with Crippen molar-refractivity contribution in [2.45, 2.75) is 19.3 Å². The summed E-state index contributed by atoms with van der Waals surface area (Å²) in [6.45, 7) is 0.996. The van der Waals surface area contributed by atoms with Crippen LogP contribution in [0.3, 0.4) is 0 Å². The SMILES string of the molecule is COc1ccc(CC23CN4CC(Cc5ccc(OC)cc5)(C2=O)C(=O)C(Cc2ccc(OC)cc2)(C4)C3=O)cc1. The van der Waals surface area contributed by atoms with E-state index in [0.717, 1.165) is 16.7 Å². The first-order chi connectivity index (χ1) is 19.3. The van der Waals surface area contributed by atoms with Crippen LogP contribution in [0.25, 0.3) is 0 Å². The van der Waals surface area contributed by atoms with Crippen molar-refractivity contribution in [1.29, 1.82) is 0 Å². The Balaban J connectivity index is 1.46. The molecule has 206 valence electrons. The highest BCUT2D eigenvalue weighted by Crippen LogP contribution is 2.58. The molecular weight excluding hydrogens is 506 g/mol. The summed E-state index contributed by atoms with van der Waals surface area (Å²) in [5.74, 6) is 1.42. The molecule has 0 N–H and O–H groups in total. The molecule has 1 aliphatic carbocycles. The summed E-state index contributed by atoms with van der Waals surface area (Å²) in [6.07, 6.45) is 0.771. The number of carbonyl (C=O) groups excluding carboxylic acids is 3. The number of carbonyl (C=O) groups is 3. The van der Waals surface area contributed by atoms with E-state index in [1.165, 1.54) is 0 Å². The van der Waals surface area contributed by atoms with Gasteiger partial charge in [0.15, 0.2) is 17.3 Å². The highest BCUT2D eigenvalue weighted by atomic mass is 16.5. The van der Waals surface area contributed by atoms with E-state index < -0.39 is 16.2 Å². The number of methoxy groups -OCH3 is 3. The van der Waals surface area contributed by atoms with Crippen molar-refractivity contribution >= 4 is 17.3 Å². The summed E-state index contributed by atoms with van der Waals surface area (Å²) >= 11 is 0. The average molecular weight is 540 g/mol. The largest absolute Gasteiger partial charge is 0.497 e. The molecule has 0 amide bonds. The normalized spacial score (nSPS) is 28.6. The lowest BCUT2D eigenvalue weighted by atomic mass is 9.42. The highest BCUT2D eigenvalue weighted by Gasteiger charge is 2.77. The van der Waals surface area contributed by atoms with Crippen LogP contribution < -0.4 is 14.2 Å². The van der Waals surface area contributed by atoms with Crippen molar-refractivity contribution in [3.8, 4) is 17.2 Å². The fourth-order valence-electron chi connectivity index (χ4n) is 7.35. The van der Waals surface area contributed by atoms with Crippen molar-refractivity contribution in [1.82, 2.24) is 4.90 Å². The number of nitrogens with zero attached hydrogens (tertiary/aromatic N) is 1. The van der Waals surface area contributed by atoms with Gasteiger partial charge in [0.05, 0.1) is 21.3 Å². The summed E-state index contributed by atoms with van der Waals surface area (Å²) in [5, 5.41) is 0. The molecule has 1 saturated carbocycles. The molecule has 40 heavy (non-hydrogen) atoms. The molecule has 0 radical (unpaired) electrons. The minimum absolute atomic E-state index is 0.233. The molecule has 3 aromatic rings. The van der Waals surface area contributed by atoms with Crippen molar-refractivity contribution < 1.29 is 28.6 Å². The molecule has 7 nitrogen and oxygen atoms in total. The lowest BCUT2D eigenvalue weighted by Crippen LogP contribution is -2.82. The summed E-state index contributed by atoms with van der Waals surface area (Å²) in [5.41, 5.74) is -1.26. The van der Waals surface area contributed by atoms with E-state index in [1.807, 2.05) is 72.8 Å². The fraction of sp³-hybridized carbons (Fsp3) is 0.364. The second-order valence-electron chi connectivity index (χ2n) is 11.5. The van der Waals surface area contributed by atoms with Crippen molar-refractivity contribution in [3.05, 3.63) is 89.5 Å². The molecule has 0 atom stereocenters. The Morgan fingerprint density at radius 3 is 0.975 bits per heavy atom. The predicted octanol–water partition coefficient (Wildman–Crippen LogP) is 3.75. The Morgan fingerprint density at radius 2 is 0.750 bits per heavy atom. The highest BCUT2D eigenvalue weighted by molar-refractivity contribution is 6.33. The zero-order valence-corrected chi connectivity index (χ0v) is 23.1. The molecule has 3 heterocycles. The van der Waals surface area contributed by atoms with Crippen molar-refractivity contribution in [3.63, 3.8) is 0 Å². The van der Waals surface area contributed by atoms with E-state index in [4.69, 9.17) is 14.2 Å². The van der Waals surface area contributed by atoms with Gasteiger partial charge in [-0.15, -0.1) is 0 Å². The molecule has 4 bridgehead atoms. The van der Waals surface area contributed by atoms with Gasteiger partial charge in [-0.25, -0.2) is 0 Å². The van der Waals surface area contributed by atoms with Gasteiger partial charge in [-0.3, -0.25) is 19.3 Å². The van der Waals surface area contributed by atoms with Crippen LogP contribution in [0.4, 0.5) is 0 Å². The smallest absolute Gasteiger partial charge is 0.163 e. The third kappa shape index (κ3) is 3.86. The number of ether oxygens (including phenoxy) is 3. The van der Waals surface area contributed by atoms with E-state index in [9.17, 15) is 14.4 Å². The molecule has 3 aliphatic heterocycles. The van der Waals surface area contributed by atoms with Crippen LogP contribution in [0.5, 0.6) is 17.2 Å². The maximum absolute atomic E-state index is 14.6. The van der Waals surface area contributed by atoms with E-state index in [2.05, 4.69) is 4.90 Å². The Hall–Kier alpha value is -3.97. The maximum atomic E-state index is 14.6. The lowest BCUT2D eigenvalue weighted by Gasteiger charge is -2.64. The molecule has 0 aromatic heterocycles. The van der Waals surface area contributed by atoms with Gasteiger partial charge in [0, 0.05) is 19.6 Å². The second-order valence-corrected chi connectivity index (χ2v) is 11.5. The average Bonchev–Trinajstić information content (AvgIpc) is 2.98. The van der Waals surface area contributed by atoms with Gasteiger partial charge in [-0.1, -0.05) is 36.4 Å². The quantitative estimate of drug-likeness (QED) is 0.383. The number of hydrogen-bond donors (Lipinski definition) is 0. The topological polar surface area (TPSA) is 82.1 Å². The van der Waals surface area contributed by atoms with Crippen LogP contribution in [0.2, 0.25) is 0 Å². The van der Waals surface area contributed by atoms with E-state index in [0.29, 0.717) is 36.9 Å². The van der Waals surface area contributed by atoms with Crippen LogP contribution in [0.15, 0.2) is 72.8 Å². The van der Waals surface area contributed by atoms with Crippen LogP contribution in [0, 0.1) is 16.2 Å². The molecule has 3 aromatic carbocycles. The summed E-state index contributed by atoms with van der Waals surface area (Å²) in [4.78, 5) is 46.1. The number of rotatable bonds is 9. The fourth-order valence-corrected chi connectivity index (χ4v) is 7.35. The second kappa shape index (κ2) is 9.59. The Kier molecular flexibility index (Phi) is 6.30. The molecule has 7 rings (SSSR count). The molecule has 4 fully saturated rings. The van der Waals surface area contributed by atoms with Crippen LogP contribution in [-0.4, -0.2) is 63.2 Å². The first-order valence-electron chi connectivity index (χ1n) is 13.5. The molecule has 0 unspecified atom stereocenters. The van der Waals surface area contributed by atoms with Gasteiger partial charge in [0.2, 0.25) is 0 Å². The molecule has 3 saturated heterocycles. The zero-order chi connectivity index (χ0) is 28.1. The lowest BCUT2D eigenvalue weighted by molar-refractivity contribution is -0.192. The van der Waals surface area contributed by atoms with Gasteiger partial charge in [0.25, 0.3) is 0 Å². The Morgan fingerprint density at radius 1 is 0.500 bits per heavy atom. The van der Waals surface area contributed by atoms with Crippen LogP contribution >= 0.6 is 0 Å². The third-order valence-electron chi connectivity index (χ3n) is 9.08. The predicted molar refractivity (Wildman–Crippen MR) is 149 cm³/mol. The van der Waals surface area contributed by atoms with E-state index in [1.54, 1.807) is 21.3 Å². The molecular formula is C33H33NO6. The van der Waals surface area contributed by atoms with Crippen molar-refractivity contribution in [2.24, 2.45) is 16.2 Å². The number of hydrogen-bond acceptors (Lipinski definition) is 7. The van der Waals surface area contributed by atoms with Gasteiger partial charge in [-0.05, 0) is 72.4 Å². The van der Waals surface area contributed by atoms with Crippen LogP contribution in [-0.2, 0) is 33.6 Å². The van der Waals surface area contributed by atoms with Gasteiger partial charge in [0.1, 0.15) is 33.5 Å². The van der Waals surface area contributed by atoms with Gasteiger partial charge < -0.3 is 14.2 Å². The zero-order valence-electron chi connectivity index (χ0n) is 23.1. The van der Waals surface area contributed by atoms with E-state index >= 15 is 0 Å². The first kappa shape index (κ1) is 26.3. The monoisotopic (exact) mass is 539 g/mol. The summed E-state index contributed by atoms with van der Waals surface area (Å²) in [7, 11) is 4.81. The summed E-state index contributed by atoms with van der Waals surface area (Å²) < 4.78 is 15.9. The number of Topliss-reactive ketones (excluding diaryl/α,β-unsaturated/α-hetero) is 3.